The van der Waals surface area contributed by atoms with E-state index in [9.17, 15) is 4.79 Å². The van der Waals surface area contributed by atoms with E-state index in [2.05, 4.69) is 0 Å². The van der Waals surface area contributed by atoms with Crippen molar-refractivity contribution in [2.45, 2.75) is 6.92 Å². The van der Waals surface area contributed by atoms with E-state index in [1.807, 2.05) is 0 Å². The first-order valence-electron chi connectivity index (χ1n) is 3.38. The highest BCUT2D eigenvalue weighted by molar-refractivity contribution is 6.34. The highest BCUT2D eigenvalue weighted by Crippen LogP contribution is 2.24. The third-order valence-electron chi connectivity index (χ3n) is 1.65. The fourth-order valence-electron chi connectivity index (χ4n) is 1.03. The van der Waals surface area contributed by atoms with Crippen LogP contribution in [0, 0.1) is 6.92 Å². The summed E-state index contributed by atoms with van der Waals surface area (Å²) >= 11 is 5.70. The first-order chi connectivity index (χ1) is 5.54. The Labute approximate surface area is 75.3 Å². The standard InChI is InChI=1S/C8H9ClN2O/c1-4-2-3-5(9)7(10)6(4)8(11)12/h2-3H,10H2,1H3,(H2,11,12). The summed E-state index contributed by atoms with van der Waals surface area (Å²) in [6.45, 7) is 1.76. The van der Waals surface area contributed by atoms with Crippen LogP contribution in [-0.2, 0) is 0 Å². The molecule has 4 heteroatoms. The van der Waals surface area contributed by atoms with Crippen molar-refractivity contribution < 1.29 is 4.79 Å². The molecule has 0 fully saturated rings. The lowest BCUT2D eigenvalue weighted by molar-refractivity contribution is 0.100. The van der Waals surface area contributed by atoms with Crippen molar-refractivity contribution in [3.05, 3.63) is 28.3 Å². The first-order valence-corrected chi connectivity index (χ1v) is 3.76. The van der Waals surface area contributed by atoms with Crippen LogP contribution < -0.4 is 11.5 Å². The number of benzene rings is 1. The van der Waals surface area contributed by atoms with Gasteiger partial charge in [-0.15, -0.1) is 0 Å². The van der Waals surface area contributed by atoms with Crippen molar-refractivity contribution in [3.63, 3.8) is 0 Å². The van der Waals surface area contributed by atoms with Gasteiger partial charge in [0.2, 0.25) is 0 Å². The molecular weight excluding hydrogens is 176 g/mol. The molecule has 0 atom stereocenters. The lowest BCUT2D eigenvalue weighted by atomic mass is 10.1. The lowest BCUT2D eigenvalue weighted by Crippen LogP contribution is -2.15. The average molecular weight is 185 g/mol. The summed E-state index contributed by atoms with van der Waals surface area (Å²) in [6, 6.07) is 3.34. The fourth-order valence-corrected chi connectivity index (χ4v) is 1.19. The second-order valence-corrected chi connectivity index (χ2v) is 2.92. The molecule has 0 heterocycles. The van der Waals surface area contributed by atoms with Gasteiger partial charge in [-0.25, -0.2) is 0 Å². The van der Waals surface area contributed by atoms with Gasteiger partial charge < -0.3 is 11.5 Å². The Morgan fingerprint density at radius 3 is 2.50 bits per heavy atom. The number of amides is 1. The van der Waals surface area contributed by atoms with Crippen LogP contribution in [0.15, 0.2) is 12.1 Å². The molecule has 1 rings (SSSR count). The van der Waals surface area contributed by atoms with Crippen LogP contribution in [-0.4, -0.2) is 5.91 Å². The maximum Gasteiger partial charge on any atom is 0.251 e. The predicted molar refractivity (Wildman–Crippen MR) is 49.1 cm³/mol. The molecule has 0 aliphatic heterocycles. The highest BCUT2D eigenvalue weighted by Gasteiger charge is 2.11. The second kappa shape index (κ2) is 3.03. The molecule has 0 aliphatic rings. The molecule has 0 radical (unpaired) electrons. The molecule has 64 valence electrons. The molecule has 12 heavy (non-hydrogen) atoms. The maximum atomic E-state index is 10.9. The number of hydrogen-bond donors (Lipinski definition) is 2. The van der Waals surface area contributed by atoms with Gasteiger partial charge in [-0.2, -0.15) is 0 Å². The molecule has 3 nitrogen and oxygen atoms in total. The second-order valence-electron chi connectivity index (χ2n) is 2.52. The van der Waals surface area contributed by atoms with Crippen molar-refractivity contribution in [3.8, 4) is 0 Å². The maximum absolute atomic E-state index is 10.9. The van der Waals surface area contributed by atoms with E-state index in [1.165, 1.54) is 0 Å². The largest absolute Gasteiger partial charge is 0.397 e. The zero-order valence-corrected chi connectivity index (χ0v) is 7.35. The third-order valence-corrected chi connectivity index (χ3v) is 1.98. The average Bonchev–Trinajstić information content (AvgIpc) is 1.97. The van der Waals surface area contributed by atoms with E-state index >= 15 is 0 Å². The topological polar surface area (TPSA) is 69.1 Å². The summed E-state index contributed by atoms with van der Waals surface area (Å²) in [6.07, 6.45) is 0. The number of anilines is 1. The van der Waals surface area contributed by atoms with Crippen LogP contribution >= 0.6 is 11.6 Å². The Morgan fingerprint density at radius 1 is 1.50 bits per heavy atom. The number of nitrogen functional groups attached to an aromatic ring is 1. The molecule has 0 saturated carbocycles. The van der Waals surface area contributed by atoms with E-state index in [0.29, 0.717) is 10.6 Å². The SMILES string of the molecule is Cc1ccc(Cl)c(N)c1C(N)=O. The van der Waals surface area contributed by atoms with Crippen LogP contribution in [0.2, 0.25) is 5.02 Å². The summed E-state index contributed by atoms with van der Waals surface area (Å²) in [5.74, 6) is -0.549. The molecule has 0 spiro atoms. The number of carbonyl (C=O) groups excluding carboxylic acids is 1. The van der Waals surface area contributed by atoms with E-state index in [4.69, 9.17) is 23.1 Å². The summed E-state index contributed by atoms with van der Waals surface area (Å²) in [7, 11) is 0. The lowest BCUT2D eigenvalue weighted by Gasteiger charge is -2.06. The van der Waals surface area contributed by atoms with Gasteiger partial charge in [-0.1, -0.05) is 17.7 Å². The van der Waals surface area contributed by atoms with E-state index in [1.54, 1.807) is 19.1 Å². The minimum absolute atomic E-state index is 0.254. The Bertz CT molecular complexity index is 336. The van der Waals surface area contributed by atoms with E-state index in [-0.39, 0.29) is 5.69 Å². The molecule has 0 saturated heterocycles. The molecule has 0 bridgehead atoms. The van der Waals surface area contributed by atoms with Gasteiger partial charge in [0.25, 0.3) is 5.91 Å². The van der Waals surface area contributed by atoms with Gasteiger partial charge in [0.1, 0.15) is 0 Å². The number of nitrogens with two attached hydrogens (primary N) is 2. The van der Waals surface area contributed by atoms with Gasteiger partial charge in [-0.3, -0.25) is 4.79 Å². The van der Waals surface area contributed by atoms with Crippen molar-refractivity contribution in [1.29, 1.82) is 0 Å². The summed E-state index contributed by atoms with van der Waals surface area (Å²) in [5.41, 5.74) is 12.0. The number of halogens is 1. The number of hydrogen-bond acceptors (Lipinski definition) is 2. The summed E-state index contributed by atoms with van der Waals surface area (Å²) in [4.78, 5) is 10.9. The fraction of sp³-hybridized carbons (Fsp3) is 0.125. The minimum atomic E-state index is -0.549. The Balaban J connectivity index is 3.43. The van der Waals surface area contributed by atoms with Gasteiger partial charge >= 0.3 is 0 Å². The van der Waals surface area contributed by atoms with Gasteiger partial charge in [-0.05, 0) is 18.6 Å². The quantitative estimate of drug-likeness (QED) is 0.647. The van der Waals surface area contributed by atoms with Crippen molar-refractivity contribution in [2.75, 3.05) is 5.73 Å². The smallest absolute Gasteiger partial charge is 0.251 e. The molecule has 0 aliphatic carbocycles. The zero-order valence-electron chi connectivity index (χ0n) is 6.60. The molecule has 1 aromatic rings. The number of aryl methyl sites for hydroxylation is 1. The molecule has 1 amide bonds. The Hall–Kier alpha value is -1.22. The Morgan fingerprint density at radius 2 is 2.08 bits per heavy atom. The predicted octanol–water partition coefficient (Wildman–Crippen LogP) is 1.33. The van der Waals surface area contributed by atoms with Crippen LogP contribution in [0.3, 0.4) is 0 Å². The van der Waals surface area contributed by atoms with Crippen LogP contribution in [0.1, 0.15) is 15.9 Å². The van der Waals surface area contributed by atoms with Crippen molar-refractivity contribution in [1.82, 2.24) is 0 Å². The van der Waals surface area contributed by atoms with Crippen LogP contribution in [0.25, 0.3) is 0 Å². The summed E-state index contributed by atoms with van der Waals surface area (Å²) in [5, 5.41) is 0.356. The van der Waals surface area contributed by atoms with E-state index in [0.717, 1.165) is 5.56 Å². The van der Waals surface area contributed by atoms with Crippen molar-refractivity contribution in [2.24, 2.45) is 5.73 Å². The van der Waals surface area contributed by atoms with Crippen LogP contribution in [0.4, 0.5) is 5.69 Å². The van der Waals surface area contributed by atoms with E-state index < -0.39 is 5.91 Å². The normalized spacial score (nSPS) is 9.83. The first kappa shape index (κ1) is 8.87. The number of primary amides is 1. The van der Waals surface area contributed by atoms with Gasteiger partial charge in [0, 0.05) is 0 Å². The van der Waals surface area contributed by atoms with Gasteiger partial charge in [0.05, 0.1) is 16.3 Å². The number of carbonyl (C=O) groups is 1. The molecule has 4 N–H and O–H groups in total. The molecule has 0 aromatic heterocycles. The monoisotopic (exact) mass is 184 g/mol. The van der Waals surface area contributed by atoms with Crippen molar-refractivity contribution >= 4 is 23.2 Å². The third kappa shape index (κ3) is 1.36. The molecule has 0 unspecified atom stereocenters. The summed E-state index contributed by atoms with van der Waals surface area (Å²) < 4.78 is 0. The zero-order chi connectivity index (χ0) is 9.30. The molecule has 1 aromatic carbocycles. The minimum Gasteiger partial charge on any atom is -0.397 e. The van der Waals surface area contributed by atoms with Gasteiger partial charge in [0.15, 0.2) is 0 Å². The highest BCUT2D eigenvalue weighted by atomic mass is 35.5. The number of rotatable bonds is 1. The Kier molecular flexibility index (Phi) is 2.24. The van der Waals surface area contributed by atoms with Crippen LogP contribution in [0.5, 0.6) is 0 Å². The molecular formula is C8H9ClN2O.